The maximum absolute atomic E-state index is 12.5. The van der Waals surface area contributed by atoms with Crippen LogP contribution in [0.5, 0.6) is 0 Å². The fraction of sp³-hybridized carbons (Fsp3) is 0.900. The molecule has 2 unspecified atom stereocenters. The van der Waals surface area contributed by atoms with Gasteiger partial charge >= 0.3 is 0 Å². The summed E-state index contributed by atoms with van der Waals surface area (Å²) >= 11 is 0. The zero-order valence-corrected chi connectivity index (χ0v) is 16.8. The molecule has 1 amide bonds. The highest BCUT2D eigenvalue weighted by Gasteiger charge is 2.32. The SMILES string of the molecule is CN=C(NCCCOCC1CCCO1)NC1CCN(C(=O)C2CCCC2)C1. The molecular weight excluding hydrogens is 344 g/mol. The summed E-state index contributed by atoms with van der Waals surface area (Å²) in [5, 5.41) is 6.81. The standard InChI is InChI=1S/C20H36N4O3/c1-21-20(22-10-5-12-26-15-18-8-4-13-27-18)23-17-9-11-24(14-17)19(25)16-6-2-3-7-16/h16-18H,2-15H2,1H3,(H2,21,22,23). The lowest BCUT2D eigenvalue weighted by Crippen LogP contribution is -2.45. The highest BCUT2D eigenvalue weighted by atomic mass is 16.5. The summed E-state index contributed by atoms with van der Waals surface area (Å²) in [5.41, 5.74) is 0. The molecule has 0 aromatic rings. The Labute approximate surface area is 163 Å². The first kappa shape index (κ1) is 20.4. The molecule has 0 radical (unpaired) electrons. The fourth-order valence-electron chi connectivity index (χ4n) is 4.27. The van der Waals surface area contributed by atoms with Crippen LogP contribution in [0.3, 0.4) is 0 Å². The van der Waals surface area contributed by atoms with Gasteiger partial charge in [-0.15, -0.1) is 0 Å². The fourth-order valence-corrected chi connectivity index (χ4v) is 4.27. The average molecular weight is 381 g/mol. The van der Waals surface area contributed by atoms with E-state index in [0.29, 0.717) is 18.6 Å². The molecule has 0 spiro atoms. The number of aliphatic imine (C=N–C) groups is 1. The summed E-state index contributed by atoms with van der Waals surface area (Å²) < 4.78 is 11.2. The Bertz CT molecular complexity index is 488. The molecule has 3 fully saturated rings. The van der Waals surface area contributed by atoms with Crippen molar-refractivity contribution in [2.24, 2.45) is 10.9 Å². The first-order valence-corrected chi connectivity index (χ1v) is 10.7. The molecule has 7 nitrogen and oxygen atoms in total. The van der Waals surface area contributed by atoms with Crippen molar-refractivity contribution in [3.8, 4) is 0 Å². The van der Waals surface area contributed by atoms with E-state index in [1.165, 1.54) is 12.8 Å². The van der Waals surface area contributed by atoms with Gasteiger partial charge in [0.05, 0.1) is 12.7 Å². The zero-order chi connectivity index (χ0) is 18.9. The van der Waals surface area contributed by atoms with Crippen LogP contribution in [-0.4, -0.2) is 75.4 Å². The highest BCUT2D eigenvalue weighted by Crippen LogP contribution is 2.27. The van der Waals surface area contributed by atoms with Crippen LogP contribution in [0.1, 0.15) is 51.4 Å². The van der Waals surface area contributed by atoms with Crippen molar-refractivity contribution in [1.82, 2.24) is 15.5 Å². The van der Waals surface area contributed by atoms with Crippen molar-refractivity contribution < 1.29 is 14.3 Å². The van der Waals surface area contributed by atoms with Gasteiger partial charge in [-0.1, -0.05) is 12.8 Å². The molecule has 2 saturated heterocycles. The van der Waals surface area contributed by atoms with Crippen molar-refractivity contribution in [2.75, 3.05) is 46.5 Å². The maximum Gasteiger partial charge on any atom is 0.225 e. The maximum atomic E-state index is 12.5. The Morgan fingerprint density at radius 1 is 1.22 bits per heavy atom. The molecule has 0 bridgehead atoms. The largest absolute Gasteiger partial charge is 0.379 e. The van der Waals surface area contributed by atoms with E-state index >= 15 is 0 Å². The lowest BCUT2D eigenvalue weighted by molar-refractivity contribution is -0.134. The van der Waals surface area contributed by atoms with Crippen molar-refractivity contribution in [1.29, 1.82) is 0 Å². The van der Waals surface area contributed by atoms with E-state index in [0.717, 1.165) is 77.3 Å². The lowest BCUT2D eigenvalue weighted by Gasteiger charge is -2.21. The summed E-state index contributed by atoms with van der Waals surface area (Å²) in [5.74, 6) is 1.45. The lowest BCUT2D eigenvalue weighted by atomic mass is 10.1. The first-order valence-electron chi connectivity index (χ1n) is 10.7. The number of nitrogens with one attached hydrogen (secondary N) is 2. The third-order valence-corrected chi connectivity index (χ3v) is 5.85. The number of ether oxygens (including phenoxy) is 2. The number of carbonyl (C=O) groups is 1. The molecular formula is C20H36N4O3. The second kappa shape index (κ2) is 10.9. The van der Waals surface area contributed by atoms with Gasteiger partial charge in [-0.25, -0.2) is 0 Å². The predicted molar refractivity (Wildman–Crippen MR) is 106 cm³/mol. The Morgan fingerprint density at radius 2 is 2.07 bits per heavy atom. The molecule has 1 aliphatic carbocycles. The number of carbonyl (C=O) groups excluding carboxylic acids is 1. The first-order chi connectivity index (χ1) is 13.3. The van der Waals surface area contributed by atoms with Crippen LogP contribution in [0.2, 0.25) is 0 Å². The molecule has 2 N–H and O–H groups in total. The van der Waals surface area contributed by atoms with Crippen molar-refractivity contribution in [3.63, 3.8) is 0 Å². The van der Waals surface area contributed by atoms with E-state index in [1.54, 1.807) is 7.05 Å². The van der Waals surface area contributed by atoms with Gasteiger partial charge in [0.15, 0.2) is 5.96 Å². The number of amides is 1. The van der Waals surface area contributed by atoms with Crippen molar-refractivity contribution in [3.05, 3.63) is 0 Å². The molecule has 27 heavy (non-hydrogen) atoms. The van der Waals surface area contributed by atoms with Gasteiger partial charge in [0, 0.05) is 51.9 Å². The van der Waals surface area contributed by atoms with Gasteiger partial charge in [0.25, 0.3) is 0 Å². The van der Waals surface area contributed by atoms with Crippen LogP contribution in [0, 0.1) is 5.92 Å². The minimum atomic E-state index is 0.274. The number of likely N-dealkylation sites (tertiary alicyclic amines) is 1. The van der Waals surface area contributed by atoms with E-state index < -0.39 is 0 Å². The van der Waals surface area contributed by atoms with E-state index in [9.17, 15) is 4.79 Å². The number of nitrogens with zero attached hydrogens (tertiary/aromatic N) is 2. The summed E-state index contributed by atoms with van der Waals surface area (Å²) in [6, 6.07) is 0.289. The highest BCUT2D eigenvalue weighted by molar-refractivity contribution is 5.81. The number of guanidine groups is 1. The van der Waals surface area contributed by atoms with Gasteiger partial charge in [0.2, 0.25) is 5.91 Å². The Kier molecular flexibility index (Phi) is 8.20. The molecule has 1 saturated carbocycles. The van der Waals surface area contributed by atoms with Gasteiger partial charge in [-0.2, -0.15) is 0 Å². The summed E-state index contributed by atoms with van der Waals surface area (Å²) in [6.07, 6.45) is 9.06. The summed E-state index contributed by atoms with van der Waals surface area (Å²) in [7, 11) is 1.79. The molecule has 2 heterocycles. The molecule has 7 heteroatoms. The van der Waals surface area contributed by atoms with Gasteiger partial charge < -0.3 is 25.0 Å². The van der Waals surface area contributed by atoms with Crippen LogP contribution in [0.25, 0.3) is 0 Å². The second-order valence-corrected chi connectivity index (χ2v) is 7.96. The summed E-state index contributed by atoms with van der Waals surface area (Å²) in [4.78, 5) is 18.9. The topological polar surface area (TPSA) is 75.2 Å². The van der Waals surface area contributed by atoms with Crippen LogP contribution in [-0.2, 0) is 14.3 Å². The van der Waals surface area contributed by atoms with E-state index in [-0.39, 0.29) is 12.0 Å². The third-order valence-electron chi connectivity index (χ3n) is 5.85. The van der Waals surface area contributed by atoms with Crippen LogP contribution in [0.4, 0.5) is 0 Å². The molecule has 3 aliphatic rings. The van der Waals surface area contributed by atoms with E-state index in [2.05, 4.69) is 15.6 Å². The zero-order valence-electron chi connectivity index (χ0n) is 16.8. The van der Waals surface area contributed by atoms with Crippen LogP contribution in [0.15, 0.2) is 4.99 Å². The molecule has 154 valence electrons. The molecule has 2 aliphatic heterocycles. The Morgan fingerprint density at radius 3 is 2.81 bits per heavy atom. The Balaban J connectivity index is 1.27. The Hall–Kier alpha value is -1.34. The molecule has 2 atom stereocenters. The van der Waals surface area contributed by atoms with Crippen molar-refractivity contribution in [2.45, 2.75) is 63.5 Å². The minimum Gasteiger partial charge on any atom is -0.379 e. The molecule has 0 aromatic heterocycles. The number of hydrogen-bond acceptors (Lipinski definition) is 4. The quantitative estimate of drug-likeness (QED) is 0.379. The average Bonchev–Trinajstić information content (AvgIpc) is 3.45. The van der Waals surface area contributed by atoms with Gasteiger partial charge in [-0.05, 0) is 38.5 Å². The predicted octanol–water partition coefficient (Wildman–Crippen LogP) is 1.53. The van der Waals surface area contributed by atoms with Crippen LogP contribution < -0.4 is 10.6 Å². The van der Waals surface area contributed by atoms with E-state index in [1.807, 2.05) is 4.90 Å². The monoisotopic (exact) mass is 380 g/mol. The summed E-state index contributed by atoms with van der Waals surface area (Å²) in [6.45, 7) is 4.80. The molecule has 0 aromatic carbocycles. The number of rotatable bonds is 8. The minimum absolute atomic E-state index is 0.274. The molecule has 3 rings (SSSR count). The van der Waals surface area contributed by atoms with Gasteiger partial charge in [-0.3, -0.25) is 9.79 Å². The van der Waals surface area contributed by atoms with Gasteiger partial charge in [0.1, 0.15) is 0 Å². The number of hydrogen-bond donors (Lipinski definition) is 2. The van der Waals surface area contributed by atoms with E-state index in [4.69, 9.17) is 9.47 Å². The second-order valence-electron chi connectivity index (χ2n) is 7.96. The normalized spacial score (nSPS) is 26.7. The smallest absolute Gasteiger partial charge is 0.225 e. The van der Waals surface area contributed by atoms with Crippen molar-refractivity contribution >= 4 is 11.9 Å². The van der Waals surface area contributed by atoms with Crippen LogP contribution >= 0.6 is 0 Å². The third kappa shape index (κ3) is 6.35.